The minimum atomic E-state index is 0.872. The van der Waals surface area contributed by atoms with Crippen LogP contribution in [0.15, 0.2) is 138 Å². The molecule has 0 spiro atoms. The number of benzene rings is 6. The first-order valence-electron chi connectivity index (χ1n) is 13.9. The Labute approximate surface area is 249 Å². The normalized spacial score (nSPS) is 11.8. The Hall–Kier alpha value is -4.97. The standard InChI is InChI=1S/C37H22N2OS2/c1-3-11-23(12-4-1)37-38-28-21-22-31-33(36(28)42-37)27-17-10-18-29(34(27)40-31)39(24-13-5-2-6-14-24)30-19-9-16-26-25-15-7-8-20-32(25)41-35(26)30/h1-22H. The number of thiophene rings is 1. The van der Waals surface area contributed by atoms with E-state index in [-0.39, 0.29) is 0 Å². The van der Waals surface area contributed by atoms with Crippen molar-refractivity contribution < 1.29 is 4.42 Å². The summed E-state index contributed by atoms with van der Waals surface area (Å²) in [5, 5.41) is 5.80. The second-order valence-corrected chi connectivity index (χ2v) is 12.4. The Morgan fingerprint density at radius 2 is 1.26 bits per heavy atom. The minimum absolute atomic E-state index is 0.872. The molecule has 3 heterocycles. The largest absolute Gasteiger partial charge is 0.454 e. The van der Waals surface area contributed by atoms with E-state index in [1.54, 1.807) is 11.3 Å². The molecule has 0 saturated heterocycles. The fourth-order valence-electron chi connectivity index (χ4n) is 6.03. The van der Waals surface area contributed by atoms with E-state index in [1.807, 2.05) is 17.4 Å². The highest BCUT2D eigenvalue weighted by atomic mass is 32.1. The maximum Gasteiger partial charge on any atom is 0.159 e. The summed E-state index contributed by atoms with van der Waals surface area (Å²) in [6, 6.07) is 46.9. The fourth-order valence-corrected chi connectivity index (χ4v) is 8.36. The summed E-state index contributed by atoms with van der Waals surface area (Å²) in [5.41, 5.74) is 7.12. The van der Waals surface area contributed by atoms with Crippen LogP contribution < -0.4 is 4.90 Å². The molecule has 0 aliphatic rings. The number of hydrogen-bond donors (Lipinski definition) is 0. The maximum atomic E-state index is 6.74. The van der Waals surface area contributed by atoms with Crippen molar-refractivity contribution in [2.45, 2.75) is 0 Å². The van der Waals surface area contributed by atoms with E-state index in [9.17, 15) is 0 Å². The van der Waals surface area contributed by atoms with Gasteiger partial charge in [-0.15, -0.1) is 22.7 Å². The minimum Gasteiger partial charge on any atom is -0.454 e. The average Bonchev–Trinajstić information content (AvgIpc) is 3.76. The predicted octanol–water partition coefficient (Wildman–Crippen LogP) is 11.7. The van der Waals surface area contributed by atoms with Gasteiger partial charge in [-0.25, -0.2) is 4.98 Å². The molecule has 42 heavy (non-hydrogen) atoms. The zero-order chi connectivity index (χ0) is 27.6. The van der Waals surface area contributed by atoms with Crippen LogP contribution in [-0.2, 0) is 0 Å². The van der Waals surface area contributed by atoms with E-state index in [0.717, 1.165) is 59.8 Å². The lowest BCUT2D eigenvalue weighted by Crippen LogP contribution is -2.10. The Bertz CT molecular complexity index is 2420. The third-order valence-electron chi connectivity index (χ3n) is 7.90. The molecule has 0 aliphatic carbocycles. The van der Waals surface area contributed by atoms with Crippen molar-refractivity contribution in [1.29, 1.82) is 0 Å². The van der Waals surface area contributed by atoms with Crippen molar-refractivity contribution >= 4 is 92.1 Å². The summed E-state index contributed by atoms with van der Waals surface area (Å²) < 4.78 is 10.4. The lowest BCUT2D eigenvalue weighted by Gasteiger charge is -2.26. The van der Waals surface area contributed by atoms with Gasteiger partial charge >= 0.3 is 0 Å². The number of anilines is 3. The molecule has 0 amide bonds. The average molecular weight is 575 g/mol. The second-order valence-electron chi connectivity index (χ2n) is 10.4. The van der Waals surface area contributed by atoms with Crippen LogP contribution in [0, 0.1) is 0 Å². The predicted molar refractivity (Wildman–Crippen MR) is 180 cm³/mol. The summed E-state index contributed by atoms with van der Waals surface area (Å²) in [5.74, 6) is 0. The smallest absolute Gasteiger partial charge is 0.159 e. The van der Waals surface area contributed by atoms with Gasteiger partial charge in [-0.05, 0) is 42.5 Å². The van der Waals surface area contributed by atoms with Gasteiger partial charge in [0, 0.05) is 37.5 Å². The van der Waals surface area contributed by atoms with Gasteiger partial charge in [0.2, 0.25) is 0 Å². The molecular formula is C37H22N2OS2. The van der Waals surface area contributed by atoms with Crippen LogP contribution >= 0.6 is 22.7 Å². The van der Waals surface area contributed by atoms with Crippen molar-refractivity contribution in [3.8, 4) is 10.6 Å². The van der Waals surface area contributed by atoms with Crippen molar-refractivity contribution in [1.82, 2.24) is 4.98 Å². The molecule has 3 aromatic heterocycles. The molecule has 0 radical (unpaired) electrons. The Morgan fingerprint density at radius 3 is 2.12 bits per heavy atom. The van der Waals surface area contributed by atoms with Crippen LogP contribution in [0.25, 0.3) is 62.9 Å². The summed E-state index contributed by atoms with van der Waals surface area (Å²) in [4.78, 5) is 7.34. The SMILES string of the molecule is c1ccc(-c2nc3ccc4oc5c(N(c6ccccc6)c6cccc7c6sc6ccccc67)cccc5c4c3s2)cc1. The Morgan fingerprint density at radius 1 is 0.548 bits per heavy atom. The number of nitrogens with zero attached hydrogens (tertiary/aromatic N) is 2. The van der Waals surface area contributed by atoms with Crippen molar-refractivity contribution in [3.05, 3.63) is 133 Å². The molecule has 198 valence electrons. The number of rotatable bonds is 4. The molecule has 9 rings (SSSR count). The van der Waals surface area contributed by atoms with Crippen LogP contribution in [0.3, 0.4) is 0 Å². The number of furan rings is 1. The summed E-state index contributed by atoms with van der Waals surface area (Å²) in [6.07, 6.45) is 0. The molecule has 5 heteroatoms. The Kier molecular flexibility index (Phi) is 5.24. The zero-order valence-corrected chi connectivity index (χ0v) is 24.0. The molecule has 0 bridgehead atoms. The first-order valence-corrected chi connectivity index (χ1v) is 15.5. The van der Waals surface area contributed by atoms with Gasteiger partial charge in [0.1, 0.15) is 10.6 Å². The van der Waals surface area contributed by atoms with E-state index in [2.05, 4.69) is 132 Å². The number of fused-ring (bicyclic) bond motifs is 8. The van der Waals surface area contributed by atoms with Gasteiger partial charge in [-0.2, -0.15) is 0 Å². The van der Waals surface area contributed by atoms with Gasteiger partial charge in [0.15, 0.2) is 5.58 Å². The van der Waals surface area contributed by atoms with Gasteiger partial charge in [0.05, 0.1) is 26.3 Å². The van der Waals surface area contributed by atoms with Gasteiger partial charge in [-0.1, -0.05) is 91.0 Å². The van der Waals surface area contributed by atoms with E-state index in [4.69, 9.17) is 9.40 Å². The van der Waals surface area contributed by atoms with Crippen molar-refractivity contribution in [3.63, 3.8) is 0 Å². The first kappa shape index (κ1) is 23.7. The second kappa shape index (κ2) is 9.28. The lowest BCUT2D eigenvalue weighted by atomic mass is 10.1. The molecule has 0 fully saturated rings. The van der Waals surface area contributed by atoms with Crippen LogP contribution in [0.1, 0.15) is 0 Å². The van der Waals surface area contributed by atoms with Gasteiger partial charge in [0.25, 0.3) is 0 Å². The third-order valence-corrected chi connectivity index (χ3v) is 10.2. The highest BCUT2D eigenvalue weighted by Crippen LogP contribution is 2.48. The molecule has 0 N–H and O–H groups in total. The topological polar surface area (TPSA) is 29.3 Å². The summed E-state index contributed by atoms with van der Waals surface area (Å²) in [6.45, 7) is 0. The first-order chi connectivity index (χ1) is 20.8. The molecule has 0 unspecified atom stereocenters. The molecular weight excluding hydrogens is 553 g/mol. The zero-order valence-electron chi connectivity index (χ0n) is 22.3. The monoisotopic (exact) mass is 574 g/mol. The molecule has 0 saturated carbocycles. The summed E-state index contributed by atoms with van der Waals surface area (Å²) in [7, 11) is 0. The van der Waals surface area contributed by atoms with E-state index < -0.39 is 0 Å². The number of para-hydroxylation sites is 2. The van der Waals surface area contributed by atoms with Gasteiger partial charge < -0.3 is 9.32 Å². The van der Waals surface area contributed by atoms with E-state index >= 15 is 0 Å². The molecule has 3 nitrogen and oxygen atoms in total. The van der Waals surface area contributed by atoms with E-state index in [1.165, 1.54) is 20.2 Å². The highest BCUT2D eigenvalue weighted by molar-refractivity contribution is 7.26. The van der Waals surface area contributed by atoms with Crippen LogP contribution in [0.4, 0.5) is 17.1 Å². The maximum absolute atomic E-state index is 6.74. The van der Waals surface area contributed by atoms with Crippen molar-refractivity contribution in [2.24, 2.45) is 0 Å². The molecule has 0 aliphatic heterocycles. The number of aromatic nitrogens is 1. The van der Waals surface area contributed by atoms with Crippen LogP contribution in [-0.4, -0.2) is 4.98 Å². The quantitative estimate of drug-likeness (QED) is 0.209. The number of thiazole rings is 1. The van der Waals surface area contributed by atoms with Crippen molar-refractivity contribution in [2.75, 3.05) is 4.90 Å². The van der Waals surface area contributed by atoms with E-state index in [0.29, 0.717) is 0 Å². The third kappa shape index (κ3) is 3.54. The highest BCUT2D eigenvalue weighted by Gasteiger charge is 2.23. The number of hydrogen-bond acceptors (Lipinski definition) is 5. The lowest BCUT2D eigenvalue weighted by molar-refractivity contribution is 0.669. The van der Waals surface area contributed by atoms with Crippen LogP contribution in [0.5, 0.6) is 0 Å². The molecule has 0 atom stereocenters. The molecule has 9 aromatic rings. The molecule has 6 aromatic carbocycles. The van der Waals surface area contributed by atoms with Gasteiger partial charge in [-0.3, -0.25) is 0 Å². The summed E-state index contributed by atoms with van der Waals surface area (Å²) >= 11 is 3.57. The van der Waals surface area contributed by atoms with Crippen LogP contribution in [0.2, 0.25) is 0 Å². The fraction of sp³-hybridized carbons (Fsp3) is 0. The Balaban J connectivity index is 1.33.